The molecule has 1 heteroatoms. The molecule has 1 atom stereocenters. The van der Waals surface area contributed by atoms with E-state index in [1.807, 2.05) is 0 Å². The maximum Gasteiger partial charge on any atom is 0.138 e. The Morgan fingerprint density at radius 3 is 1.71 bits per heavy atom. The Labute approximate surface area is 105 Å². The molecule has 0 N–H and O–H groups in total. The quantitative estimate of drug-likeness (QED) is 0.719. The standard InChI is InChI=1S/C16H26O/c1-10(2)15(17)11(3)16-7-12-4-13(8-16)6-14(5-12)9-16/h10-14H,4-9H2,1-3H3. The highest BCUT2D eigenvalue weighted by molar-refractivity contribution is 5.83. The minimum atomic E-state index is 0.220. The minimum Gasteiger partial charge on any atom is -0.299 e. The van der Waals surface area contributed by atoms with Crippen molar-refractivity contribution >= 4 is 5.78 Å². The van der Waals surface area contributed by atoms with Gasteiger partial charge in [-0.3, -0.25) is 4.79 Å². The second-order valence-corrected chi connectivity index (χ2v) is 7.56. The van der Waals surface area contributed by atoms with Crippen molar-refractivity contribution in [3.05, 3.63) is 0 Å². The molecule has 4 bridgehead atoms. The molecular formula is C16H26O. The maximum absolute atomic E-state index is 12.4. The number of carbonyl (C=O) groups excluding carboxylic acids is 1. The van der Waals surface area contributed by atoms with Gasteiger partial charge in [-0.05, 0) is 61.7 Å². The van der Waals surface area contributed by atoms with E-state index in [1.54, 1.807) is 0 Å². The largest absolute Gasteiger partial charge is 0.299 e. The average molecular weight is 234 g/mol. The topological polar surface area (TPSA) is 17.1 Å². The Hall–Kier alpha value is -0.330. The third-order valence-electron chi connectivity index (χ3n) is 6.00. The molecule has 4 fully saturated rings. The van der Waals surface area contributed by atoms with Crippen molar-refractivity contribution in [3.8, 4) is 0 Å². The van der Waals surface area contributed by atoms with E-state index < -0.39 is 0 Å². The monoisotopic (exact) mass is 234 g/mol. The van der Waals surface area contributed by atoms with E-state index in [0.717, 1.165) is 17.8 Å². The normalized spacial score (nSPS) is 45.3. The fourth-order valence-corrected chi connectivity index (χ4v) is 5.51. The second kappa shape index (κ2) is 3.83. The highest BCUT2D eigenvalue weighted by Gasteiger charge is 2.54. The zero-order valence-electron chi connectivity index (χ0n) is 11.5. The van der Waals surface area contributed by atoms with Gasteiger partial charge >= 0.3 is 0 Å². The molecule has 0 spiro atoms. The second-order valence-electron chi connectivity index (χ2n) is 7.56. The fraction of sp³-hybridized carbons (Fsp3) is 0.938. The molecule has 0 heterocycles. The van der Waals surface area contributed by atoms with Crippen molar-refractivity contribution < 1.29 is 4.79 Å². The van der Waals surface area contributed by atoms with Crippen molar-refractivity contribution in [1.82, 2.24) is 0 Å². The first-order chi connectivity index (χ1) is 8.00. The van der Waals surface area contributed by atoms with Gasteiger partial charge < -0.3 is 0 Å². The van der Waals surface area contributed by atoms with Crippen molar-refractivity contribution in [2.75, 3.05) is 0 Å². The summed E-state index contributed by atoms with van der Waals surface area (Å²) in [6.45, 7) is 6.37. The highest BCUT2D eigenvalue weighted by Crippen LogP contribution is 2.62. The van der Waals surface area contributed by atoms with Crippen molar-refractivity contribution in [1.29, 1.82) is 0 Å². The van der Waals surface area contributed by atoms with Gasteiger partial charge in [0.05, 0.1) is 0 Å². The summed E-state index contributed by atoms with van der Waals surface area (Å²) in [6.07, 6.45) is 8.50. The van der Waals surface area contributed by atoms with E-state index in [4.69, 9.17) is 0 Å². The molecule has 0 aromatic carbocycles. The third kappa shape index (κ3) is 1.77. The van der Waals surface area contributed by atoms with E-state index in [9.17, 15) is 4.79 Å². The molecule has 0 amide bonds. The molecule has 17 heavy (non-hydrogen) atoms. The zero-order valence-corrected chi connectivity index (χ0v) is 11.5. The third-order valence-corrected chi connectivity index (χ3v) is 6.00. The number of ketones is 1. The first-order valence-electron chi connectivity index (χ1n) is 7.54. The lowest BCUT2D eigenvalue weighted by atomic mass is 9.46. The summed E-state index contributed by atoms with van der Waals surface area (Å²) in [5.74, 6) is 3.94. The van der Waals surface area contributed by atoms with Crippen molar-refractivity contribution in [3.63, 3.8) is 0 Å². The van der Waals surface area contributed by atoms with E-state index >= 15 is 0 Å². The molecular weight excluding hydrogens is 208 g/mol. The van der Waals surface area contributed by atoms with Crippen LogP contribution >= 0.6 is 0 Å². The predicted molar refractivity (Wildman–Crippen MR) is 69.6 cm³/mol. The summed E-state index contributed by atoms with van der Waals surface area (Å²) in [5.41, 5.74) is 0.413. The lowest BCUT2D eigenvalue weighted by Gasteiger charge is -2.59. The summed E-state index contributed by atoms with van der Waals surface area (Å²) < 4.78 is 0. The Balaban J connectivity index is 1.84. The predicted octanol–water partition coefficient (Wildman–Crippen LogP) is 4.06. The van der Waals surface area contributed by atoms with Gasteiger partial charge in [-0.1, -0.05) is 20.8 Å². The van der Waals surface area contributed by atoms with Gasteiger partial charge in [0.25, 0.3) is 0 Å². The summed E-state index contributed by atoms with van der Waals surface area (Å²) >= 11 is 0. The van der Waals surface area contributed by atoms with Gasteiger partial charge in [0.2, 0.25) is 0 Å². The van der Waals surface area contributed by atoms with E-state index in [2.05, 4.69) is 20.8 Å². The molecule has 0 aromatic rings. The van der Waals surface area contributed by atoms with Gasteiger partial charge in [0.15, 0.2) is 0 Å². The highest BCUT2D eigenvalue weighted by atomic mass is 16.1. The number of carbonyl (C=O) groups is 1. The number of hydrogen-bond donors (Lipinski definition) is 0. The van der Waals surface area contributed by atoms with Crippen LogP contribution in [0, 0.1) is 35.0 Å². The number of Topliss-reactive ketones (excluding diaryl/α,β-unsaturated/α-hetero) is 1. The van der Waals surface area contributed by atoms with Crippen LogP contribution in [0.15, 0.2) is 0 Å². The van der Waals surface area contributed by atoms with E-state index in [-0.39, 0.29) is 5.92 Å². The van der Waals surface area contributed by atoms with Crippen LogP contribution < -0.4 is 0 Å². The summed E-state index contributed by atoms with van der Waals surface area (Å²) in [4.78, 5) is 12.4. The van der Waals surface area contributed by atoms with E-state index in [0.29, 0.717) is 17.1 Å². The van der Waals surface area contributed by atoms with Crippen molar-refractivity contribution in [2.24, 2.45) is 35.0 Å². The van der Waals surface area contributed by atoms with Crippen LogP contribution in [0.3, 0.4) is 0 Å². The van der Waals surface area contributed by atoms with Gasteiger partial charge in [-0.15, -0.1) is 0 Å². The molecule has 0 saturated heterocycles. The van der Waals surface area contributed by atoms with Crippen LogP contribution in [-0.4, -0.2) is 5.78 Å². The smallest absolute Gasteiger partial charge is 0.138 e. The fourth-order valence-electron chi connectivity index (χ4n) is 5.51. The van der Waals surface area contributed by atoms with Crippen LogP contribution in [0.4, 0.5) is 0 Å². The summed E-state index contributed by atoms with van der Waals surface area (Å²) in [6, 6.07) is 0. The average Bonchev–Trinajstić information content (AvgIpc) is 2.25. The molecule has 0 aromatic heterocycles. The van der Waals surface area contributed by atoms with Crippen molar-refractivity contribution in [2.45, 2.75) is 59.3 Å². The first kappa shape index (κ1) is 11.7. The molecule has 4 aliphatic rings. The summed E-state index contributed by atoms with van der Waals surface area (Å²) in [5, 5.41) is 0. The molecule has 0 aliphatic heterocycles. The van der Waals surface area contributed by atoms with Crippen LogP contribution in [0.25, 0.3) is 0 Å². The molecule has 1 nitrogen and oxygen atoms in total. The van der Waals surface area contributed by atoms with Gasteiger partial charge in [0.1, 0.15) is 5.78 Å². The zero-order chi connectivity index (χ0) is 12.2. The van der Waals surface area contributed by atoms with Crippen LogP contribution in [0.2, 0.25) is 0 Å². The number of hydrogen-bond acceptors (Lipinski definition) is 1. The number of rotatable bonds is 3. The molecule has 4 aliphatic carbocycles. The van der Waals surface area contributed by atoms with Crippen LogP contribution in [-0.2, 0) is 4.79 Å². The first-order valence-corrected chi connectivity index (χ1v) is 7.54. The molecule has 96 valence electrons. The molecule has 4 saturated carbocycles. The minimum absolute atomic E-state index is 0.220. The van der Waals surface area contributed by atoms with Gasteiger partial charge in [-0.25, -0.2) is 0 Å². The Morgan fingerprint density at radius 2 is 1.35 bits per heavy atom. The summed E-state index contributed by atoms with van der Waals surface area (Å²) in [7, 11) is 0. The molecule has 1 unspecified atom stereocenters. The lowest BCUT2D eigenvalue weighted by Crippen LogP contribution is -2.51. The molecule has 4 rings (SSSR count). The van der Waals surface area contributed by atoms with Gasteiger partial charge in [0, 0.05) is 11.8 Å². The Bertz CT molecular complexity index is 293. The SMILES string of the molecule is CC(C)C(=O)C(C)C12CC3CC(CC(C3)C1)C2. The van der Waals surface area contributed by atoms with Crippen LogP contribution in [0.5, 0.6) is 0 Å². The van der Waals surface area contributed by atoms with Crippen LogP contribution in [0.1, 0.15) is 59.3 Å². The maximum atomic E-state index is 12.4. The Kier molecular flexibility index (Phi) is 2.65. The Morgan fingerprint density at radius 1 is 0.941 bits per heavy atom. The van der Waals surface area contributed by atoms with E-state index in [1.165, 1.54) is 38.5 Å². The lowest BCUT2D eigenvalue weighted by molar-refractivity contribution is -0.140. The van der Waals surface area contributed by atoms with Gasteiger partial charge in [-0.2, -0.15) is 0 Å². The molecule has 0 radical (unpaired) electrons.